The highest BCUT2D eigenvalue weighted by Crippen LogP contribution is 2.28. The van der Waals surface area contributed by atoms with E-state index < -0.39 is 27.0 Å². The SMILES string of the molecule is CC(C)(C)OC(=O)CC1(O)CCS(=O)(=O)CC1. The third kappa shape index (κ3) is 5.04. The van der Waals surface area contributed by atoms with Gasteiger partial charge >= 0.3 is 5.97 Å². The molecule has 0 aromatic rings. The summed E-state index contributed by atoms with van der Waals surface area (Å²) in [4.78, 5) is 11.6. The molecule has 0 aromatic carbocycles. The molecule has 0 atom stereocenters. The minimum atomic E-state index is -3.04. The minimum absolute atomic E-state index is 0.0632. The van der Waals surface area contributed by atoms with E-state index >= 15 is 0 Å². The van der Waals surface area contributed by atoms with Crippen LogP contribution in [0.5, 0.6) is 0 Å². The third-order valence-electron chi connectivity index (χ3n) is 2.65. The van der Waals surface area contributed by atoms with Crippen LogP contribution in [0.1, 0.15) is 40.0 Å². The molecule has 5 nitrogen and oxygen atoms in total. The van der Waals surface area contributed by atoms with Crippen molar-refractivity contribution in [2.75, 3.05) is 11.5 Å². The maximum absolute atomic E-state index is 11.6. The van der Waals surface area contributed by atoms with Crippen LogP contribution in [0.2, 0.25) is 0 Å². The van der Waals surface area contributed by atoms with Crippen molar-refractivity contribution in [2.24, 2.45) is 0 Å². The quantitative estimate of drug-likeness (QED) is 0.741. The topological polar surface area (TPSA) is 80.7 Å². The van der Waals surface area contributed by atoms with E-state index in [9.17, 15) is 18.3 Å². The largest absolute Gasteiger partial charge is 0.460 e. The Bertz CT molecular complexity index is 377. The van der Waals surface area contributed by atoms with Gasteiger partial charge in [0.05, 0.1) is 23.5 Å². The monoisotopic (exact) mass is 264 g/mol. The van der Waals surface area contributed by atoms with Crippen molar-refractivity contribution >= 4 is 15.8 Å². The van der Waals surface area contributed by atoms with Gasteiger partial charge in [-0.1, -0.05) is 0 Å². The number of ether oxygens (including phenoxy) is 1. The van der Waals surface area contributed by atoms with Crippen LogP contribution in [0.25, 0.3) is 0 Å². The second-order valence-corrected chi connectivity index (χ2v) is 7.94. The summed E-state index contributed by atoms with van der Waals surface area (Å²) in [5.41, 5.74) is -1.82. The van der Waals surface area contributed by atoms with Crippen LogP contribution in [-0.2, 0) is 19.4 Å². The number of rotatable bonds is 2. The molecule has 100 valence electrons. The number of sulfone groups is 1. The molecular formula is C11H20O5S. The van der Waals surface area contributed by atoms with Crippen LogP contribution in [0.4, 0.5) is 0 Å². The lowest BCUT2D eigenvalue weighted by atomic mass is 9.93. The first-order valence-corrected chi connectivity index (χ1v) is 7.48. The molecule has 0 radical (unpaired) electrons. The van der Waals surface area contributed by atoms with E-state index in [2.05, 4.69) is 0 Å². The van der Waals surface area contributed by atoms with E-state index in [-0.39, 0.29) is 30.8 Å². The van der Waals surface area contributed by atoms with E-state index in [0.717, 1.165) is 0 Å². The van der Waals surface area contributed by atoms with Crippen molar-refractivity contribution in [3.63, 3.8) is 0 Å². The molecule has 1 aliphatic rings. The lowest BCUT2D eigenvalue weighted by Gasteiger charge is -2.32. The van der Waals surface area contributed by atoms with E-state index in [0.29, 0.717) is 0 Å². The molecule has 0 spiro atoms. The van der Waals surface area contributed by atoms with Crippen LogP contribution in [0.15, 0.2) is 0 Å². The Hall–Kier alpha value is -0.620. The summed E-state index contributed by atoms with van der Waals surface area (Å²) in [6.45, 7) is 5.25. The molecule has 0 amide bonds. The molecule has 0 saturated carbocycles. The molecule has 6 heteroatoms. The highest BCUT2D eigenvalue weighted by atomic mass is 32.2. The van der Waals surface area contributed by atoms with E-state index in [4.69, 9.17) is 4.74 Å². The van der Waals surface area contributed by atoms with Gasteiger partial charge in [-0.25, -0.2) is 8.42 Å². The van der Waals surface area contributed by atoms with Gasteiger partial charge in [0, 0.05) is 0 Å². The maximum atomic E-state index is 11.6. The lowest BCUT2D eigenvalue weighted by Crippen LogP contribution is -2.42. The van der Waals surface area contributed by atoms with Gasteiger partial charge in [0.25, 0.3) is 0 Å². The van der Waals surface area contributed by atoms with Crippen molar-refractivity contribution in [3.8, 4) is 0 Å². The first-order chi connectivity index (χ1) is 7.52. The predicted octanol–water partition coefficient (Wildman–Crippen LogP) is 0.658. The Kier molecular flexibility index (Phi) is 3.88. The Labute approximate surface area is 102 Å². The first kappa shape index (κ1) is 14.4. The fourth-order valence-electron chi connectivity index (χ4n) is 1.74. The van der Waals surface area contributed by atoms with E-state index in [1.807, 2.05) is 0 Å². The zero-order chi connectivity index (χ0) is 13.3. The molecule has 1 N–H and O–H groups in total. The van der Waals surface area contributed by atoms with Crippen LogP contribution < -0.4 is 0 Å². The van der Waals surface area contributed by atoms with E-state index in [1.165, 1.54) is 0 Å². The highest BCUT2D eigenvalue weighted by Gasteiger charge is 2.38. The molecule has 0 aromatic heterocycles. The summed E-state index contributed by atoms with van der Waals surface area (Å²) in [5, 5.41) is 10.1. The molecule has 1 saturated heterocycles. The summed E-state index contributed by atoms with van der Waals surface area (Å²) in [6.07, 6.45) is 0.0724. The summed E-state index contributed by atoms with van der Waals surface area (Å²) < 4.78 is 27.6. The predicted molar refractivity (Wildman–Crippen MR) is 63.3 cm³/mol. The summed E-state index contributed by atoms with van der Waals surface area (Å²) in [7, 11) is -3.04. The Balaban J connectivity index is 2.55. The van der Waals surface area contributed by atoms with Crippen LogP contribution in [-0.4, -0.2) is 42.2 Å². The van der Waals surface area contributed by atoms with Crippen LogP contribution >= 0.6 is 0 Å². The van der Waals surface area contributed by atoms with Gasteiger partial charge in [0.15, 0.2) is 9.84 Å². The normalized spacial score (nSPS) is 23.1. The standard InChI is InChI=1S/C11H20O5S/c1-10(2,3)16-9(12)8-11(13)4-6-17(14,15)7-5-11/h13H,4-8H2,1-3H3. The van der Waals surface area contributed by atoms with Gasteiger partial charge in [-0.15, -0.1) is 0 Å². The average molecular weight is 264 g/mol. The summed E-state index contributed by atoms with van der Waals surface area (Å²) >= 11 is 0. The number of carbonyl (C=O) groups is 1. The number of hydrogen-bond acceptors (Lipinski definition) is 5. The van der Waals surface area contributed by atoms with Gasteiger partial charge < -0.3 is 9.84 Å². The Morgan fingerprint density at radius 3 is 2.18 bits per heavy atom. The maximum Gasteiger partial charge on any atom is 0.309 e. The van der Waals surface area contributed by atoms with Crippen LogP contribution in [0, 0.1) is 0 Å². The number of hydrogen-bond donors (Lipinski definition) is 1. The van der Waals surface area contributed by atoms with Crippen LogP contribution in [0.3, 0.4) is 0 Å². The number of aliphatic hydroxyl groups is 1. The molecule has 1 fully saturated rings. The van der Waals surface area contributed by atoms with Gasteiger partial charge in [-0.05, 0) is 33.6 Å². The van der Waals surface area contributed by atoms with Gasteiger partial charge in [0.2, 0.25) is 0 Å². The summed E-state index contributed by atoms with van der Waals surface area (Å²) in [6, 6.07) is 0. The molecule has 0 bridgehead atoms. The third-order valence-corrected chi connectivity index (χ3v) is 4.30. The molecule has 1 rings (SSSR count). The summed E-state index contributed by atoms with van der Waals surface area (Å²) in [5.74, 6) is -0.613. The zero-order valence-electron chi connectivity index (χ0n) is 10.5. The van der Waals surface area contributed by atoms with Gasteiger partial charge in [-0.2, -0.15) is 0 Å². The highest BCUT2D eigenvalue weighted by molar-refractivity contribution is 7.91. The molecule has 0 unspecified atom stereocenters. The minimum Gasteiger partial charge on any atom is -0.460 e. The number of carbonyl (C=O) groups excluding carboxylic acids is 1. The molecule has 1 heterocycles. The van der Waals surface area contributed by atoms with Crippen molar-refractivity contribution < 1.29 is 23.1 Å². The fraction of sp³-hybridized carbons (Fsp3) is 0.909. The van der Waals surface area contributed by atoms with Crippen molar-refractivity contribution in [2.45, 2.75) is 51.2 Å². The molecule has 17 heavy (non-hydrogen) atoms. The van der Waals surface area contributed by atoms with Crippen molar-refractivity contribution in [1.29, 1.82) is 0 Å². The molecule has 0 aliphatic carbocycles. The Morgan fingerprint density at radius 1 is 1.29 bits per heavy atom. The zero-order valence-corrected chi connectivity index (χ0v) is 11.3. The first-order valence-electron chi connectivity index (χ1n) is 5.66. The molecule has 1 aliphatic heterocycles. The average Bonchev–Trinajstić information content (AvgIpc) is 2.08. The van der Waals surface area contributed by atoms with Crippen molar-refractivity contribution in [3.05, 3.63) is 0 Å². The van der Waals surface area contributed by atoms with Gasteiger partial charge in [-0.3, -0.25) is 4.79 Å². The second kappa shape index (κ2) is 4.57. The fourth-order valence-corrected chi connectivity index (χ4v) is 3.33. The number of esters is 1. The van der Waals surface area contributed by atoms with Crippen molar-refractivity contribution in [1.82, 2.24) is 0 Å². The molecular weight excluding hydrogens is 244 g/mol. The van der Waals surface area contributed by atoms with Gasteiger partial charge in [0.1, 0.15) is 5.60 Å². The van der Waals surface area contributed by atoms with E-state index in [1.54, 1.807) is 20.8 Å². The smallest absolute Gasteiger partial charge is 0.309 e. The Morgan fingerprint density at radius 2 is 1.76 bits per heavy atom. The lowest BCUT2D eigenvalue weighted by molar-refractivity contribution is -0.160. The second-order valence-electron chi connectivity index (χ2n) is 5.64.